The summed E-state index contributed by atoms with van der Waals surface area (Å²) in [7, 11) is -3.91. The summed E-state index contributed by atoms with van der Waals surface area (Å²) < 4.78 is 110. The number of rotatable bonds is 13. The molecule has 0 saturated carbocycles. The monoisotopic (exact) mass is 828 g/mol. The van der Waals surface area contributed by atoms with Crippen molar-refractivity contribution < 1.29 is 60.9 Å². The fourth-order valence-corrected chi connectivity index (χ4v) is 6.87. The smallest absolute Gasteiger partial charge is 0.412 e. The van der Waals surface area contributed by atoms with Crippen molar-refractivity contribution in [3.8, 4) is 0 Å². The van der Waals surface area contributed by atoms with E-state index in [1.54, 1.807) is 6.92 Å². The summed E-state index contributed by atoms with van der Waals surface area (Å²) in [6.45, 7) is 2.50. The molecule has 2 aromatic carbocycles. The van der Waals surface area contributed by atoms with Crippen LogP contribution in [0.1, 0.15) is 48.2 Å². The number of hydrogen-bond donors (Lipinski definition) is 2. The topological polar surface area (TPSA) is 252 Å². The average molecular weight is 829 g/mol. The number of phosphoric ester groups is 1. The largest absolute Gasteiger partial charge is 0.470 e. The average Bonchev–Trinajstić information content (AvgIpc) is 3.85. The molecule has 0 bridgehead atoms. The molecule has 17 nitrogen and oxygen atoms in total. The predicted octanol–water partition coefficient (Wildman–Crippen LogP) is 3.48. The minimum Gasteiger partial charge on any atom is -0.412 e. The lowest BCUT2D eigenvalue weighted by molar-refractivity contribution is -0.0555. The highest BCUT2D eigenvalue weighted by Gasteiger charge is 2.49. The molecule has 4 heterocycles. The molecule has 6 aromatic rings. The first kappa shape index (κ1) is 45.8. The van der Waals surface area contributed by atoms with Crippen LogP contribution in [0, 0.1) is 34.9 Å². The van der Waals surface area contributed by atoms with E-state index in [1.807, 2.05) is 0 Å². The van der Waals surface area contributed by atoms with Crippen molar-refractivity contribution in [1.29, 1.82) is 0 Å². The molecule has 0 aliphatic carbocycles. The maximum Gasteiger partial charge on any atom is 0.470 e. The van der Waals surface area contributed by atoms with Crippen molar-refractivity contribution in [1.82, 2.24) is 49.5 Å². The van der Waals surface area contributed by atoms with Crippen LogP contribution < -0.4 is 0 Å². The van der Waals surface area contributed by atoms with E-state index in [-0.39, 0.29) is 34.4 Å². The first-order valence-electron chi connectivity index (χ1n) is 15.9. The zero-order valence-corrected chi connectivity index (χ0v) is 30.9. The number of hydrogen-bond acceptors (Lipinski definition) is 11. The predicted molar refractivity (Wildman–Crippen MR) is 184 cm³/mol. The first-order valence-corrected chi connectivity index (χ1v) is 17.4. The molecule has 0 aliphatic rings. The zero-order valence-electron chi connectivity index (χ0n) is 30.0. The summed E-state index contributed by atoms with van der Waals surface area (Å²) in [5.41, 5.74) is -4.27. The molecule has 4 aromatic heterocycles. The number of nitrogens with zero attached hydrogens (tertiary/aromatic N) is 10. The summed E-state index contributed by atoms with van der Waals surface area (Å²) in [6, 6.07) is 5.54. The van der Waals surface area contributed by atoms with Crippen LogP contribution >= 0.6 is 7.82 Å². The molecular formula is C33H35F6N10O7P. The van der Waals surface area contributed by atoms with Gasteiger partial charge in [-0.05, 0) is 12.1 Å². The summed E-state index contributed by atoms with van der Waals surface area (Å²) in [4.78, 5) is 41.7. The minimum atomic E-state index is -5.28. The van der Waals surface area contributed by atoms with Crippen molar-refractivity contribution in [2.24, 2.45) is 0 Å². The minimum absolute atomic E-state index is 0. The van der Waals surface area contributed by atoms with Crippen LogP contribution in [0.15, 0.2) is 86.8 Å². The van der Waals surface area contributed by atoms with Crippen LogP contribution in [0.5, 0.6) is 0 Å². The second-order valence-corrected chi connectivity index (χ2v) is 13.1. The van der Waals surface area contributed by atoms with E-state index >= 15 is 0 Å². The molecule has 24 heteroatoms. The zero-order chi connectivity index (χ0) is 40.0. The highest BCUT2D eigenvalue weighted by atomic mass is 31.2. The molecule has 4 atom stereocenters. The van der Waals surface area contributed by atoms with Gasteiger partial charge in [0.15, 0.2) is 11.6 Å². The van der Waals surface area contributed by atoms with Gasteiger partial charge >= 0.3 is 7.82 Å². The Morgan fingerprint density at radius 1 is 0.667 bits per heavy atom. The Bertz CT molecular complexity index is 2260. The van der Waals surface area contributed by atoms with Crippen molar-refractivity contribution in [3.05, 3.63) is 144 Å². The lowest BCUT2D eigenvalue weighted by atomic mass is 9.79. The van der Waals surface area contributed by atoms with Gasteiger partial charge in [0.1, 0.15) is 72.4 Å². The summed E-state index contributed by atoms with van der Waals surface area (Å²) >= 11 is 0. The Kier molecular flexibility index (Phi) is 15.3. The van der Waals surface area contributed by atoms with Crippen LogP contribution in [-0.2, 0) is 38.1 Å². The molecule has 57 heavy (non-hydrogen) atoms. The van der Waals surface area contributed by atoms with Gasteiger partial charge in [-0.3, -0.25) is 4.52 Å². The Hall–Kier alpha value is -5.55. The quantitative estimate of drug-likeness (QED) is 0.125. The van der Waals surface area contributed by atoms with Crippen LogP contribution in [0.2, 0.25) is 0 Å². The third-order valence-electron chi connectivity index (χ3n) is 8.76. The summed E-state index contributed by atoms with van der Waals surface area (Å²) in [5.74, 6) is -7.19. The number of methoxy groups -OCH3 is 1. The van der Waals surface area contributed by atoms with Crippen LogP contribution in [0.3, 0.4) is 0 Å². The van der Waals surface area contributed by atoms with E-state index in [1.165, 1.54) is 50.1 Å². The molecule has 0 fully saturated rings. The number of ether oxygens (including phenoxy) is 1. The third-order valence-corrected chi connectivity index (χ3v) is 9.32. The third kappa shape index (κ3) is 10.3. The normalized spacial score (nSPS) is 14.4. The molecule has 6 rings (SSSR count). The molecule has 306 valence electrons. The van der Waals surface area contributed by atoms with E-state index in [9.17, 15) is 40.7 Å². The Morgan fingerprint density at radius 3 is 1.46 bits per heavy atom. The highest BCUT2D eigenvalue weighted by Crippen LogP contribution is 2.53. The van der Waals surface area contributed by atoms with E-state index in [4.69, 9.17) is 9.26 Å². The van der Waals surface area contributed by atoms with Gasteiger partial charge in [0, 0.05) is 42.2 Å². The summed E-state index contributed by atoms with van der Waals surface area (Å²) in [6.07, 6.45) is 9.17. The van der Waals surface area contributed by atoms with E-state index in [0.717, 1.165) is 54.0 Å². The number of aromatic nitrogens is 10. The van der Waals surface area contributed by atoms with Crippen molar-refractivity contribution in [2.45, 2.75) is 50.0 Å². The van der Waals surface area contributed by atoms with Gasteiger partial charge in [0.05, 0.1) is 36.9 Å². The lowest BCUT2D eigenvalue weighted by Gasteiger charge is -2.38. The van der Waals surface area contributed by atoms with Crippen LogP contribution in [0.4, 0.5) is 26.3 Å². The highest BCUT2D eigenvalue weighted by molar-refractivity contribution is 7.46. The summed E-state index contributed by atoms with van der Waals surface area (Å²) in [5, 5.41) is 7.87. The van der Waals surface area contributed by atoms with Gasteiger partial charge < -0.3 is 25.5 Å². The van der Waals surface area contributed by atoms with Crippen LogP contribution in [0.25, 0.3) is 0 Å². The van der Waals surface area contributed by atoms with Gasteiger partial charge in [-0.15, -0.1) is 0 Å². The molecule has 0 spiro atoms. The lowest BCUT2D eigenvalue weighted by Crippen LogP contribution is -2.41. The van der Waals surface area contributed by atoms with Gasteiger partial charge in [-0.25, -0.2) is 70.2 Å². The molecule has 0 radical (unpaired) electrons. The van der Waals surface area contributed by atoms with Crippen molar-refractivity contribution >= 4 is 7.82 Å². The van der Waals surface area contributed by atoms with Gasteiger partial charge in [-0.2, -0.15) is 10.2 Å². The van der Waals surface area contributed by atoms with Gasteiger partial charge in [-0.1, -0.05) is 26.0 Å². The van der Waals surface area contributed by atoms with Gasteiger partial charge in [0.2, 0.25) is 0 Å². The number of phosphoric acid groups is 1. The Morgan fingerprint density at radius 2 is 1.09 bits per heavy atom. The van der Waals surface area contributed by atoms with Crippen molar-refractivity contribution in [3.63, 3.8) is 0 Å². The SMILES string of the molecule is CO[C@@](Cn1cncn1)(c1ccc(F)cc1F)[C@@H](C)c1ncncc1F.C[C@@H](c1ncncc1F)[C@@](Cn1cncn1)(OP(=O)(O)O)c1ccc(F)cc1F.O.O. The fraction of sp³-hybridized carbons (Fsp3) is 0.273. The Balaban J connectivity index is 0.000000297. The Labute approximate surface area is 319 Å². The second-order valence-electron chi connectivity index (χ2n) is 12.0. The molecular weight excluding hydrogens is 793 g/mol. The van der Waals surface area contributed by atoms with Crippen LogP contribution in [-0.4, -0.2) is 77.3 Å². The van der Waals surface area contributed by atoms with E-state index < -0.39 is 77.9 Å². The second kappa shape index (κ2) is 19.1. The molecule has 0 saturated heterocycles. The fourth-order valence-electron chi connectivity index (χ4n) is 6.13. The molecule has 6 N–H and O–H groups in total. The van der Waals surface area contributed by atoms with E-state index in [0.29, 0.717) is 6.07 Å². The first-order chi connectivity index (χ1) is 26.1. The molecule has 0 amide bonds. The van der Waals surface area contributed by atoms with Crippen molar-refractivity contribution in [2.75, 3.05) is 7.11 Å². The van der Waals surface area contributed by atoms with Gasteiger partial charge in [0.25, 0.3) is 0 Å². The standard InChI is InChI=1S/C17H16F3N5O.C16H15F3N5O4P.2H2O/c1-11(16-15(20)6-21-8-23-16)17(26-2,7-25-10-22-9-24-25)13-4-3-12(18)5-14(13)19;1-10(15-14(19)5-20-7-22-15)16(28-29(25,26)27,6-24-9-21-8-23-24)12-3-2-11(17)4-13(12)18;;/h3-6,8-11H,7H2,1-2H3;2-5,7-10H,6H2,1H3,(H2,25,26,27);2*1H2/t11-,17+;10-,16+;;/m00../s1. The maximum atomic E-state index is 14.8. The molecule has 0 unspecified atom stereocenters. The van der Waals surface area contributed by atoms with E-state index in [2.05, 4.69) is 40.1 Å². The maximum absolute atomic E-state index is 14.8. The number of halogens is 6. The molecule has 0 aliphatic heterocycles. The number of benzene rings is 2.